The van der Waals surface area contributed by atoms with E-state index < -0.39 is 5.54 Å². The summed E-state index contributed by atoms with van der Waals surface area (Å²) in [7, 11) is 2.09. The molecular weight excluding hydrogens is 178 g/mol. The van der Waals surface area contributed by atoms with Crippen molar-refractivity contribution in [1.82, 2.24) is 10.2 Å². The van der Waals surface area contributed by atoms with E-state index in [2.05, 4.69) is 17.3 Å². The molecule has 1 amide bonds. The van der Waals surface area contributed by atoms with Crippen LogP contribution in [-0.4, -0.2) is 42.5 Å². The van der Waals surface area contributed by atoms with Gasteiger partial charge < -0.3 is 16.0 Å². The Balaban J connectivity index is 1.81. The number of nitrogens with two attached hydrogens (primary N) is 1. The van der Waals surface area contributed by atoms with Crippen LogP contribution in [0.15, 0.2) is 0 Å². The van der Waals surface area contributed by atoms with Gasteiger partial charge in [-0.3, -0.25) is 4.79 Å². The fraction of sp³-hybridized carbons (Fsp3) is 0.900. The third-order valence-electron chi connectivity index (χ3n) is 3.20. The number of likely N-dealkylation sites (tertiary alicyclic amines) is 1. The van der Waals surface area contributed by atoms with Crippen molar-refractivity contribution >= 4 is 5.91 Å². The van der Waals surface area contributed by atoms with E-state index in [4.69, 9.17) is 5.73 Å². The normalized spacial score (nSPS) is 31.1. The predicted molar refractivity (Wildman–Crippen MR) is 54.8 cm³/mol. The Morgan fingerprint density at radius 1 is 1.57 bits per heavy atom. The molecule has 0 aromatic heterocycles. The van der Waals surface area contributed by atoms with E-state index in [9.17, 15) is 4.79 Å². The SMILES string of the molecule is CN1CCCC(NC(=O)C2(N)CC2)C1. The molecule has 2 aliphatic rings. The molecule has 1 aliphatic carbocycles. The standard InChI is InChI=1S/C10H19N3O/c1-13-6-2-3-8(7-13)12-9(14)10(11)4-5-10/h8H,2-7,11H2,1H3,(H,12,14). The summed E-state index contributed by atoms with van der Waals surface area (Å²) in [6, 6.07) is 0.308. The molecule has 2 rings (SSSR count). The number of piperidine rings is 1. The first-order valence-electron chi connectivity index (χ1n) is 5.38. The van der Waals surface area contributed by atoms with Gasteiger partial charge in [0.1, 0.15) is 0 Å². The minimum Gasteiger partial charge on any atom is -0.350 e. The van der Waals surface area contributed by atoms with Crippen molar-refractivity contribution in [3.8, 4) is 0 Å². The van der Waals surface area contributed by atoms with Crippen molar-refractivity contribution in [2.75, 3.05) is 20.1 Å². The first-order chi connectivity index (χ1) is 6.60. The first-order valence-corrected chi connectivity index (χ1v) is 5.38. The zero-order valence-corrected chi connectivity index (χ0v) is 8.75. The number of hydrogen-bond donors (Lipinski definition) is 2. The maximum absolute atomic E-state index is 11.6. The Bertz CT molecular complexity index is 238. The largest absolute Gasteiger partial charge is 0.350 e. The quantitative estimate of drug-likeness (QED) is 0.638. The van der Waals surface area contributed by atoms with Gasteiger partial charge in [0.25, 0.3) is 0 Å². The van der Waals surface area contributed by atoms with Gasteiger partial charge >= 0.3 is 0 Å². The van der Waals surface area contributed by atoms with Crippen molar-refractivity contribution < 1.29 is 4.79 Å². The number of carbonyl (C=O) groups excluding carboxylic acids is 1. The lowest BCUT2D eigenvalue weighted by atomic mass is 10.1. The smallest absolute Gasteiger partial charge is 0.240 e. The zero-order chi connectivity index (χ0) is 10.2. The summed E-state index contributed by atoms with van der Waals surface area (Å²) in [5.74, 6) is 0.0535. The van der Waals surface area contributed by atoms with Gasteiger partial charge in [-0.15, -0.1) is 0 Å². The van der Waals surface area contributed by atoms with Crippen LogP contribution in [0.3, 0.4) is 0 Å². The molecule has 1 heterocycles. The lowest BCUT2D eigenvalue weighted by molar-refractivity contribution is -0.124. The number of carbonyl (C=O) groups is 1. The molecule has 1 saturated heterocycles. The van der Waals surface area contributed by atoms with Gasteiger partial charge in [-0.25, -0.2) is 0 Å². The van der Waals surface area contributed by atoms with E-state index in [0.29, 0.717) is 6.04 Å². The van der Waals surface area contributed by atoms with E-state index >= 15 is 0 Å². The molecule has 4 heteroatoms. The molecule has 0 radical (unpaired) electrons. The number of likely N-dealkylation sites (N-methyl/N-ethyl adjacent to an activating group) is 1. The molecule has 1 aliphatic heterocycles. The van der Waals surface area contributed by atoms with Gasteiger partial charge in [0, 0.05) is 12.6 Å². The van der Waals surface area contributed by atoms with Crippen LogP contribution in [0, 0.1) is 0 Å². The summed E-state index contributed by atoms with van der Waals surface area (Å²) in [4.78, 5) is 13.9. The van der Waals surface area contributed by atoms with E-state index in [0.717, 1.165) is 32.4 Å². The maximum atomic E-state index is 11.6. The average molecular weight is 197 g/mol. The molecule has 0 bridgehead atoms. The molecule has 14 heavy (non-hydrogen) atoms. The third kappa shape index (κ3) is 2.07. The summed E-state index contributed by atoms with van der Waals surface area (Å²) < 4.78 is 0. The Morgan fingerprint density at radius 2 is 2.29 bits per heavy atom. The molecule has 1 saturated carbocycles. The molecule has 80 valence electrons. The monoisotopic (exact) mass is 197 g/mol. The Labute approximate surface area is 84.8 Å². The van der Waals surface area contributed by atoms with E-state index in [-0.39, 0.29) is 5.91 Å². The topological polar surface area (TPSA) is 58.4 Å². The van der Waals surface area contributed by atoms with Gasteiger partial charge in [-0.2, -0.15) is 0 Å². The number of amides is 1. The lowest BCUT2D eigenvalue weighted by Gasteiger charge is -2.30. The molecule has 2 fully saturated rings. The molecule has 0 aromatic carbocycles. The number of nitrogens with one attached hydrogen (secondary N) is 1. The fourth-order valence-corrected chi connectivity index (χ4v) is 1.98. The van der Waals surface area contributed by atoms with Crippen molar-refractivity contribution in [2.24, 2.45) is 5.73 Å². The summed E-state index contributed by atoms with van der Waals surface area (Å²) in [6.45, 7) is 2.10. The molecule has 0 aromatic rings. The Kier molecular flexibility index (Phi) is 2.49. The van der Waals surface area contributed by atoms with Crippen LogP contribution in [-0.2, 0) is 4.79 Å². The summed E-state index contributed by atoms with van der Waals surface area (Å²) >= 11 is 0. The van der Waals surface area contributed by atoms with E-state index in [1.54, 1.807) is 0 Å². The highest BCUT2D eigenvalue weighted by atomic mass is 16.2. The van der Waals surface area contributed by atoms with Crippen molar-refractivity contribution in [1.29, 1.82) is 0 Å². The Morgan fingerprint density at radius 3 is 2.86 bits per heavy atom. The average Bonchev–Trinajstić information content (AvgIpc) is 2.85. The number of rotatable bonds is 2. The van der Waals surface area contributed by atoms with Gasteiger partial charge in [0.15, 0.2) is 0 Å². The van der Waals surface area contributed by atoms with Gasteiger partial charge in [-0.1, -0.05) is 0 Å². The van der Waals surface area contributed by atoms with Crippen LogP contribution in [0.25, 0.3) is 0 Å². The summed E-state index contributed by atoms with van der Waals surface area (Å²) in [5, 5.41) is 3.05. The van der Waals surface area contributed by atoms with Gasteiger partial charge in [0.2, 0.25) is 5.91 Å². The van der Waals surface area contributed by atoms with Gasteiger partial charge in [-0.05, 0) is 39.3 Å². The predicted octanol–water partition coefficient (Wildman–Crippen LogP) is -0.312. The Hall–Kier alpha value is -0.610. The second-order valence-corrected chi connectivity index (χ2v) is 4.73. The van der Waals surface area contributed by atoms with Crippen LogP contribution in [0.4, 0.5) is 0 Å². The van der Waals surface area contributed by atoms with Crippen LogP contribution >= 0.6 is 0 Å². The van der Waals surface area contributed by atoms with E-state index in [1.165, 1.54) is 6.42 Å². The fourth-order valence-electron chi connectivity index (χ4n) is 1.98. The lowest BCUT2D eigenvalue weighted by Crippen LogP contribution is -2.52. The third-order valence-corrected chi connectivity index (χ3v) is 3.20. The van der Waals surface area contributed by atoms with Gasteiger partial charge in [0.05, 0.1) is 5.54 Å². The molecule has 0 spiro atoms. The number of hydrogen-bond acceptors (Lipinski definition) is 3. The van der Waals surface area contributed by atoms with Crippen molar-refractivity contribution in [3.63, 3.8) is 0 Å². The van der Waals surface area contributed by atoms with Crippen LogP contribution < -0.4 is 11.1 Å². The van der Waals surface area contributed by atoms with Crippen molar-refractivity contribution in [2.45, 2.75) is 37.3 Å². The highest BCUT2D eigenvalue weighted by Gasteiger charge is 2.46. The summed E-state index contributed by atoms with van der Waals surface area (Å²) in [5.41, 5.74) is 5.30. The molecular formula is C10H19N3O. The van der Waals surface area contributed by atoms with E-state index in [1.807, 2.05) is 0 Å². The maximum Gasteiger partial charge on any atom is 0.240 e. The molecule has 1 atom stereocenters. The molecule has 1 unspecified atom stereocenters. The minimum atomic E-state index is -0.518. The molecule has 3 N–H and O–H groups in total. The second-order valence-electron chi connectivity index (χ2n) is 4.73. The summed E-state index contributed by atoms with van der Waals surface area (Å²) in [6.07, 6.45) is 3.95. The second kappa shape index (κ2) is 3.51. The van der Waals surface area contributed by atoms with Crippen molar-refractivity contribution in [3.05, 3.63) is 0 Å². The molecule has 4 nitrogen and oxygen atoms in total. The van der Waals surface area contributed by atoms with Crippen LogP contribution in [0.5, 0.6) is 0 Å². The zero-order valence-electron chi connectivity index (χ0n) is 8.75. The highest BCUT2D eigenvalue weighted by molar-refractivity contribution is 5.89. The minimum absolute atomic E-state index is 0.0535. The number of nitrogens with zero attached hydrogens (tertiary/aromatic N) is 1. The highest BCUT2D eigenvalue weighted by Crippen LogP contribution is 2.32. The van der Waals surface area contributed by atoms with Crippen LogP contribution in [0.1, 0.15) is 25.7 Å². The first kappa shape index (κ1) is 9.93. The van der Waals surface area contributed by atoms with Crippen LogP contribution in [0.2, 0.25) is 0 Å².